The molecule has 2 unspecified atom stereocenters. The van der Waals surface area contributed by atoms with E-state index >= 15 is 0 Å². The van der Waals surface area contributed by atoms with Crippen molar-refractivity contribution in [3.05, 3.63) is 0 Å². The minimum atomic E-state index is -0.264. The molecular formula is C15H29ClN2O2. The van der Waals surface area contributed by atoms with Crippen molar-refractivity contribution in [1.82, 2.24) is 10.2 Å². The van der Waals surface area contributed by atoms with Crippen molar-refractivity contribution in [2.45, 2.75) is 46.1 Å². The van der Waals surface area contributed by atoms with Gasteiger partial charge in [0.05, 0.1) is 6.61 Å². The van der Waals surface area contributed by atoms with E-state index in [4.69, 9.17) is 4.74 Å². The lowest BCUT2D eigenvalue weighted by Crippen LogP contribution is -2.49. The Bertz CT molecular complexity index is 311. The molecule has 2 saturated heterocycles. The van der Waals surface area contributed by atoms with Crippen molar-refractivity contribution in [1.29, 1.82) is 0 Å². The number of hydrogen-bond acceptors (Lipinski definition) is 3. The van der Waals surface area contributed by atoms with Gasteiger partial charge < -0.3 is 15.0 Å². The second-order valence-corrected chi connectivity index (χ2v) is 6.88. The molecule has 1 N–H and O–H groups in total. The standard InChI is InChI=1S/C15H28N2O2.ClH/c1-15(2,3)12-5-4-8-17(9-6-12)14(18)13-11-16-7-10-19-13;/h12-13,16H,4-11H2,1-3H3;1H. The summed E-state index contributed by atoms with van der Waals surface area (Å²) in [5.74, 6) is 0.900. The van der Waals surface area contributed by atoms with Gasteiger partial charge in [0.25, 0.3) is 5.91 Å². The Balaban J connectivity index is 0.00000200. The molecule has 0 spiro atoms. The van der Waals surface area contributed by atoms with E-state index in [0.29, 0.717) is 18.6 Å². The molecule has 2 aliphatic heterocycles. The summed E-state index contributed by atoms with van der Waals surface area (Å²) in [5.41, 5.74) is 0.349. The Labute approximate surface area is 129 Å². The summed E-state index contributed by atoms with van der Waals surface area (Å²) in [6.07, 6.45) is 3.21. The first-order valence-corrected chi connectivity index (χ1v) is 7.59. The summed E-state index contributed by atoms with van der Waals surface area (Å²) in [4.78, 5) is 14.4. The summed E-state index contributed by atoms with van der Waals surface area (Å²) in [5, 5.41) is 3.23. The predicted molar refractivity (Wildman–Crippen MR) is 83.2 cm³/mol. The molecule has 0 aromatic rings. The summed E-state index contributed by atoms with van der Waals surface area (Å²) < 4.78 is 5.57. The second-order valence-electron chi connectivity index (χ2n) is 6.88. The fourth-order valence-corrected chi connectivity index (χ4v) is 3.11. The largest absolute Gasteiger partial charge is 0.366 e. The lowest BCUT2D eigenvalue weighted by Gasteiger charge is -2.31. The lowest BCUT2D eigenvalue weighted by molar-refractivity contribution is -0.145. The molecule has 0 radical (unpaired) electrons. The number of likely N-dealkylation sites (tertiary alicyclic amines) is 1. The molecule has 0 aromatic heterocycles. The van der Waals surface area contributed by atoms with Gasteiger partial charge in [-0.1, -0.05) is 20.8 Å². The monoisotopic (exact) mass is 304 g/mol. The third kappa shape index (κ3) is 4.61. The number of rotatable bonds is 1. The van der Waals surface area contributed by atoms with Crippen molar-refractivity contribution in [3.8, 4) is 0 Å². The van der Waals surface area contributed by atoms with Crippen molar-refractivity contribution in [3.63, 3.8) is 0 Å². The van der Waals surface area contributed by atoms with Crippen LogP contribution in [0.2, 0.25) is 0 Å². The molecule has 5 heteroatoms. The molecule has 0 aliphatic carbocycles. The molecule has 2 heterocycles. The van der Waals surface area contributed by atoms with E-state index in [1.54, 1.807) is 0 Å². The Kier molecular flexibility index (Phi) is 6.76. The normalized spacial score (nSPS) is 28.4. The Hall–Kier alpha value is -0.320. The van der Waals surface area contributed by atoms with Crippen LogP contribution >= 0.6 is 12.4 Å². The van der Waals surface area contributed by atoms with Gasteiger partial charge >= 0.3 is 0 Å². The van der Waals surface area contributed by atoms with Gasteiger partial charge in [-0.2, -0.15) is 0 Å². The van der Waals surface area contributed by atoms with Crippen molar-refractivity contribution in [2.75, 3.05) is 32.8 Å². The lowest BCUT2D eigenvalue weighted by atomic mass is 9.77. The summed E-state index contributed by atoms with van der Waals surface area (Å²) >= 11 is 0. The Morgan fingerprint density at radius 1 is 1.25 bits per heavy atom. The molecule has 0 bridgehead atoms. The van der Waals surface area contributed by atoms with Crippen LogP contribution in [0, 0.1) is 11.3 Å². The Morgan fingerprint density at radius 3 is 2.60 bits per heavy atom. The van der Waals surface area contributed by atoms with Crippen LogP contribution in [-0.4, -0.2) is 49.7 Å². The highest BCUT2D eigenvalue weighted by Gasteiger charge is 2.31. The zero-order valence-electron chi connectivity index (χ0n) is 13.0. The number of nitrogens with one attached hydrogen (secondary N) is 1. The van der Waals surface area contributed by atoms with Crippen LogP contribution in [-0.2, 0) is 9.53 Å². The van der Waals surface area contributed by atoms with Gasteiger partial charge in [0.2, 0.25) is 0 Å². The summed E-state index contributed by atoms with van der Waals surface area (Å²) in [6, 6.07) is 0. The molecule has 1 amide bonds. The molecule has 2 fully saturated rings. The van der Waals surface area contributed by atoms with Crippen LogP contribution in [0.25, 0.3) is 0 Å². The van der Waals surface area contributed by atoms with E-state index in [1.165, 1.54) is 6.42 Å². The molecule has 2 aliphatic rings. The highest BCUT2D eigenvalue weighted by atomic mass is 35.5. The van der Waals surface area contributed by atoms with Gasteiger partial charge in [-0.05, 0) is 30.6 Å². The first-order valence-electron chi connectivity index (χ1n) is 7.59. The van der Waals surface area contributed by atoms with E-state index in [1.807, 2.05) is 4.90 Å². The van der Waals surface area contributed by atoms with Crippen LogP contribution < -0.4 is 5.32 Å². The van der Waals surface area contributed by atoms with E-state index in [-0.39, 0.29) is 24.4 Å². The van der Waals surface area contributed by atoms with Crippen LogP contribution in [0.4, 0.5) is 0 Å². The number of carbonyl (C=O) groups is 1. The number of morpholine rings is 1. The zero-order valence-corrected chi connectivity index (χ0v) is 13.8. The number of amides is 1. The molecule has 118 valence electrons. The average Bonchev–Trinajstić information content (AvgIpc) is 2.64. The summed E-state index contributed by atoms with van der Waals surface area (Å²) in [6.45, 7) is 10.9. The van der Waals surface area contributed by atoms with Crippen LogP contribution in [0.5, 0.6) is 0 Å². The molecular weight excluding hydrogens is 276 g/mol. The average molecular weight is 305 g/mol. The summed E-state index contributed by atoms with van der Waals surface area (Å²) in [7, 11) is 0. The van der Waals surface area contributed by atoms with Gasteiger partial charge in [-0.15, -0.1) is 12.4 Å². The molecule has 0 saturated carbocycles. The van der Waals surface area contributed by atoms with E-state index in [9.17, 15) is 4.79 Å². The zero-order chi connectivity index (χ0) is 13.9. The van der Waals surface area contributed by atoms with Crippen LogP contribution in [0.1, 0.15) is 40.0 Å². The van der Waals surface area contributed by atoms with Crippen molar-refractivity contribution in [2.24, 2.45) is 11.3 Å². The van der Waals surface area contributed by atoms with Crippen LogP contribution in [0.3, 0.4) is 0 Å². The van der Waals surface area contributed by atoms with Gasteiger partial charge in [0, 0.05) is 26.2 Å². The second kappa shape index (κ2) is 7.62. The highest BCUT2D eigenvalue weighted by Crippen LogP contribution is 2.34. The minimum absolute atomic E-state index is 0. The highest BCUT2D eigenvalue weighted by molar-refractivity contribution is 5.85. The van der Waals surface area contributed by atoms with E-state index < -0.39 is 0 Å². The third-order valence-corrected chi connectivity index (χ3v) is 4.47. The maximum absolute atomic E-state index is 12.4. The van der Waals surface area contributed by atoms with E-state index in [2.05, 4.69) is 26.1 Å². The van der Waals surface area contributed by atoms with Gasteiger partial charge in [-0.25, -0.2) is 0 Å². The predicted octanol–water partition coefficient (Wildman–Crippen LogP) is 2.07. The van der Waals surface area contributed by atoms with E-state index in [0.717, 1.165) is 38.4 Å². The molecule has 0 aromatic carbocycles. The first-order chi connectivity index (χ1) is 8.98. The Morgan fingerprint density at radius 2 is 2.00 bits per heavy atom. The quantitative estimate of drug-likeness (QED) is 0.806. The van der Waals surface area contributed by atoms with Crippen LogP contribution in [0.15, 0.2) is 0 Å². The fourth-order valence-electron chi connectivity index (χ4n) is 3.11. The smallest absolute Gasteiger partial charge is 0.253 e. The van der Waals surface area contributed by atoms with Gasteiger partial charge in [0.15, 0.2) is 0 Å². The molecule has 4 nitrogen and oxygen atoms in total. The number of carbonyl (C=O) groups excluding carboxylic acids is 1. The maximum Gasteiger partial charge on any atom is 0.253 e. The number of nitrogens with zero attached hydrogens (tertiary/aromatic N) is 1. The first kappa shape index (κ1) is 17.7. The maximum atomic E-state index is 12.4. The number of hydrogen-bond donors (Lipinski definition) is 1. The fraction of sp³-hybridized carbons (Fsp3) is 0.933. The van der Waals surface area contributed by atoms with Crippen molar-refractivity contribution >= 4 is 18.3 Å². The molecule has 2 atom stereocenters. The molecule has 20 heavy (non-hydrogen) atoms. The topological polar surface area (TPSA) is 41.6 Å². The minimum Gasteiger partial charge on any atom is -0.366 e. The molecule has 2 rings (SSSR count). The van der Waals surface area contributed by atoms with Gasteiger partial charge in [-0.3, -0.25) is 4.79 Å². The SMILES string of the molecule is CC(C)(C)C1CCCN(C(=O)C2CNCCO2)CC1.Cl. The number of ether oxygens (including phenoxy) is 1. The van der Waals surface area contributed by atoms with Gasteiger partial charge in [0.1, 0.15) is 6.10 Å². The van der Waals surface area contributed by atoms with Crippen molar-refractivity contribution < 1.29 is 9.53 Å². The third-order valence-electron chi connectivity index (χ3n) is 4.47. The number of halogens is 1.